The largest absolute Gasteiger partial charge is 0.369 e. The minimum absolute atomic E-state index is 0.0130. The van der Waals surface area contributed by atoms with Gasteiger partial charge in [0.05, 0.1) is 13.7 Å². The fourth-order valence-electron chi connectivity index (χ4n) is 1.27. The molecule has 0 spiro atoms. The van der Waals surface area contributed by atoms with E-state index >= 15 is 0 Å². The summed E-state index contributed by atoms with van der Waals surface area (Å²) in [6.45, 7) is 2.40. The molecular weight excluding hydrogens is 152 g/mol. The van der Waals surface area contributed by atoms with Gasteiger partial charge in [-0.1, -0.05) is 6.07 Å². The van der Waals surface area contributed by atoms with Crippen LogP contribution in [-0.4, -0.2) is 24.7 Å². The molecule has 2 heterocycles. The van der Waals surface area contributed by atoms with Crippen molar-refractivity contribution in [1.29, 1.82) is 0 Å². The molecule has 1 atom stereocenters. The van der Waals surface area contributed by atoms with Crippen LogP contribution in [0.4, 0.5) is 0 Å². The highest BCUT2D eigenvalue weighted by Crippen LogP contribution is 2.14. The summed E-state index contributed by atoms with van der Waals surface area (Å²) in [7, 11) is 0. The molecular formula is C9H12N2O. The summed E-state index contributed by atoms with van der Waals surface area (Å²) in [6, 6.07) is 5.40. The number of ether oxygens (including phenoxy) is 1. The van der Waals surface area contributed by atoms with Crippen LogP contribution in [0.1, 0.15) is 13.2 Å². The van der Waals surface area contributed by atoms with Crippen molar-refractivity contribution < 1.29 is 6.11 Å². The van der Waals surface area contributed by atoms with Crippen LogP contribution in [0, 0.1) is 0 Å². The Morgan fingerprint density at radius 1 is 1.67 bits per heavy atom. The molecule has 64 valence electrons. The van der Waals surface area contributed by atoms with Gasteiger partial charge in [0, 0.05) is 19.3 Å². The molecule has 1 fully saturated rings. The van der Waals surface area contributed by atoms with E-state index in [0.29, 0.717) is 12.8 Å². The molecule has 1 aliphatic heterocycles. The molecule has 0 radical (unpaired) electrons. The van der Waals surface area contributed by atoms with Gasteiger partial charge in [0.15, 0.2) is 0 Å². The Bertz CT molecular complexity index is 287. The fourth-order valence-corrected chi connectivity index (χ4v) is 1.27. The molecule has 0 aromatic carbocycles. The van der Waals surface area contributed by atoms with Crippen LogP contribution in [-0.2, 0) is 4.74 Å². The molecule has 0 aliphatic carbocycles. The van der Waals surface area contributed by atoms with Crippen molar-refractivity contribution in [2.75, 3.05) is 19.7 Å². The summed E-state index contributed by atoms with van der Waals surface area (Å²) in [4.78, 5) is 4.10. The van der Waals surface area contributed by atoms with Crippen LogP contribution >= 0.6 is 0 Å². The summed E-state index contributed by atoms with van der Waals surface area (Å²) in [6.07, 6.45) is 0.311. The first kappa shape index (κ1) is 6.57. The normalized spacial score (nSPS) is 25.0. The maximum Gasteiger partial charge on any atom is 0.112 e. The van der Waals surface area contributed by atoms with Gasteiger partial charge in [0.1, 0.15) is 6.10 Å². The standard InChI is InChI=1S/C9H12N2O/c1-2-4-11-8(3-1)9-7-10-5-6-12-9/h1-4,9-10H,5-7H2/i4D. The van der Waals surface area contributed by atoms with Crippen LogP contribution in [0.15, 0.2) is 24.4 Å². The Morgan fingerprint density at radius 3 is 3.42 bits per heavy atom. The molecule has 2 rings (SSSR count). The number of rotatable bonds is 1. The average Bonchev–Trinajstić information content (AvgIpc) is 2.19. The van der Waals surface area contributed by atoms with Gasteiger partial charge in [0.2, 0.25) is 0 Å². The Morgan fingerprint density at radius 2 is 2.67 bits per heavy atom. The zero-order valence-electron chi connectivity index (χ0n) is 7.79. The number of aromatic nitrogens is 1. The van der Waals surface area contributed by atoms with Crippen molar-refractivity contribution in [1.82, 2.24) is 10.3 Å². The first-order chi connectivity index (χ1) is 6.36. The molecule has 0 amide bonds. The van der Waals surface area contributed by atoms with Gasteiger partial charge in [-0.05, 0) is 12.1 Å². The van der Waals surface area contributed by atoms with Crippen LogP contribution in [0.2, 0.25) is 0 Å². The molecule has 1 aromatic heterocycles. The van der Waals surface area contributed by atoms with Crippen molar-refractivity contribution >= 4 is 0 Å². The molecule has 3 nitrogen and oxygen atoms in total. The van der Waals surface area contributed by atoms with Gasteiger partial charge in [0.25, 0.3) is 0 Å². The van der Waals surface area contributed by atoms with Gasteiger partial charge < -0.3 is 10.1 Å². The lowest BCUT2D eigenvalue weighted by atomic mass is 10.2. The summed E-state index contributed by atoms with van der Waals surface area (Å²) >= 11 is 0. The number of hydrogen-bond acceptors (Lipinski definition) is 3. The van der Waals surface area contributed by atoms with Crippen molar-refractivity contribution in [3.8, 4) is 0 Å². The van der Waals surface area contributed by atoms with Crippen molar-refractivity contribution in [2.24, 2.45) is 0 Å². The zero-order chi connectivity index (χ0) is 9.10. The van der Waals surface area contributed by atoms with Crippen LogP contribution in [0.5, 0.6) is 0 Å². The highest BCUT2D eigenvalue weighted by Gasteiger charge is 2.15. The van der Waals surface area contributed by atoms with E-state index in [1.165, 1.54) is 0 Å². The quantitative estimate of drug-likeness (QED) is 0.666. The van der Waals surface area contributed by atoms with E-state index in [9.17, 15) is 0 Å². The predicted molar refractivity (Wildman–Crippen MR) is 45.8 cm³/mol. The Hall–Kier alpha value is -0.930. The topological polar surface area (TPSA) is 34.1 Å². The summed E-state index contributed by atoms with van der Waals surface area (Å²) in [5, 5.41) is 3.23. The SMILES string of the molecule is [2H]c1cccc(C2CNCCO2)n1. The van der Waals surface area contributed by atoms with Crippen LogP contribution in [0.3, 0.4) is 0 Å². The van der Waals surface area contributed by atoms with Crippen molar-refractivity contribution in [3.63, 3.8) is 0 Å². The fraction of sp³-hybridized carbons (Fsp3) is 0.444. The van der Waals surface area contributed by atoms with Crippen molar-refractivity contribution in [2.45, 2.75) is 6.10 Å². The zero-order valence-corrected chi connectivity index (χ0v) is 6.79. The number of hydrogen-bond donors (Lipinski definition) is 1. The maximum atomic E-state index is 7.37. The van der Waals surface area contributed by atoms with Gasteiger partial charge in [-0.2, -0.15) is 0 Å². The number of nitrogens with one attached hydrogen (secondary N) is 1. The predicted octanol–water partition coefficient (Wildman–Crippen LogP) is 0.743. The maximum absolute atomic E-state index is 7.37. The van der Waals surface area contributed by atoms with Crippen LogP contribution < -0.4 is 5.32 Å². The summed E-state index contributed by atoms with van der Waals surface area (Å²) in [5.74, 6) is 0. The molecule has 1 saturated heterocycles. The minimum Gasteiger partial charge on any atom is -0.369 e. The van der Waals surface area contributed by atoms with E-state index in [4.69, 9.17) is 6.11 Å². The first-order valence-corrected chi connectivity index (χ1v) is 4.12. The molecule has 3 heteroatoms. The first-order valence-electron chi connectivity index (χ1n) is 4.62. The number of pyridine rings is 1. The van der Waals surface area contributed by atoms with Gasteiger partial charge in [-0.15, -0.1) is 0 Å². The second kappa shape index (κ2) is 3.65. The monoisotopic (exact) mass is 165 g/mol. The van der Waals surface area contributed by atoms with E-state index in [0.717, 1.165) is 18.8 Å². The average molecular weight is 165 g/mol. The third-order valence-electron chi connectivity index (χ3n) is 1.89. The third-order valence-corrected chi connectivity index (χ3v) is 1.89. The number of morpholine rings is 1. The van der Waals surface area contributed by atoms with E-state index < -0.39 is 0 Å². The lowest BCUT2D eigenvalue weighted by molar-refractivity contribution is 0.0250. The highest BCUT2D eigenvalue weighted by atomic mass is 16.5. The molecule has 0 bridgehead atoms. The Balaban J connectivity index is 2.14. The van der Waals surface area contributed by atoms with Crippen molar-refractivity contribution in [3.05, 3.63) is 30.1 Å². The van der Waals surface area contributed by atoms with E-state index in [-0.39, 0.29) is 6.10 Å². The third kappa shape index (κ3) is 1.62. The molecule has 1 N–H and O–H groups in total. The lowest BCUT2D eigenvalue weighted by Crippen LogP contribution is -2.33. The summed E-state index contributed by atoms with van der Waals surface area (Å²) in [5.41, 5.74) is 0.847. The van der Waals surface area contributed by atoms with E-state index in [2.05, 4.69) is 10.3 Å². The molecule has 0 saturated carbocycles. The second-order valence-electron chi connectivity index (χ2n) is 2.76. The molecule has 1 aromatic rings. The molecule has 12 heavy (non-hydrogen) atoms. The lowest BCUT2D eigenvalue weighted by Gasteiger charge is -2.22. The molecule has 1 aliphatic rings. The Kier molecular flexibility index (Phi) is 2.00. The van der Waals surface area contributed by atoms with Gasteiger partial charge in [-0.3, -0.25) is 4.98 Å². The minimum atomic E-state index is 0.0130. The van der Waals surface area contributed by atoms with E-state index in [1.807, 2.05) is 12.1 Å². The van der Waals surface area contributed by atoms with Gasteiger partial charge in [-0.25, -0.2) is 0 Å². The Labute approximate surface area is 73.2 Å². The summed E-state index contributed by atoms with van der Waals surface area (Å²) < 4.78 is 12.9. The van der Waals surface area contributed by atoms with Gasteiger partial charge >= 0.3 is 0 Å². The molecule has 1 unspecified atom stereocenters. The highest BCUT2D eigenvalue weighted by molar-refractivity contribution is 5.07. The smallest absolute Gasteiger partial charge is 0.112 e. The van der Waals surface area contributed by atoms with E-state index in [1.54, 1.807) is 6.07 Å². The number of nitrogens with zero attached hydrogens (tertiary/aromatic N) is 1. The van der Waals surface area contributed by atoms with Crippen LogP contribution in [0.25, 0.3) is 0 Å². The second-order valence-corrected chi connectivity index (χ2v) is 2.76.